The molecular formula is C17H14N2O6S. The van der Waals surface area contributed by atoms with Crippen molar-refractivity contribution in [2.45, 2.75) is 11.4 Å². The number of amides is 3. The van der Waals surface area contributed by atoms with E-state index >= 15 is 0 Å². The quantitative estimate of drug-likeness (QED) is 0.434. The Morgan fingerprint density at radius 2 is 1.69 bits per heavy atom. The van der Waals surface area contributed by atoms with Crippen molar-refractivity contribution < 1.29 is 28.7 Å². The van der Waals surface area contributed by atoms with Gasteiger partial charge in [-0.25, -0.2) is 4.79 Å². The Hall–Kier alpha value is -2.81. The number of ether oxygens (including phenoxy) is 2. The summed E-state index contributed by atoms with van der Waals surface area (Å²) in [6.45, 7) is 0. The highest BCUT2D eigenvalue weighted by molar-refractivity contribution is 8.00. The summed E-state index contributed by atoms with van der Waals surface area (Å²) in [7, 11) is 2.62. The average molecular weight is 374 g/mol. The van der Waals surface area contributed by atoms with Crippen LogP contribution in [0.1, 0.15) is 20.7 Å². The van der Waals surface area contributed by atoms with E-state index in [0.29, 0.717) is 11.5 Å². The van der Waals surface area contributed by atoms with Crippen molar-refractivity contribution in [2.75, 3.05) is 20.0 Å². The van der Waals surface area contributed by atoms with Crippen molar-refractivity contribution in [3.8, 4) is 0 Å². The van der Waals surface area contributed by atoms with E-state index in [1.54, 1.807) is 24.3 Å². The van der Waals surface area contributed by atoms with Crippen molar-refractivity contribution in [3.05, 3.63) is 46.8 Å². The molecule has 3 heterocycles. The summed E-state index contributed by atoms with van der Waals surface area (Å²) in [5, 5.41) is -0.544. The second kappa shape index (κ2) is 5.87. The highest BCUT2D eigenvalue weighted by atomic mass is 32.2. The van der Waals surface area contributed by atoms with E-state index in [4.69, 9.17) is 9.47 Å². The molecule has 1 saturated heterocycles. The Balaban J connectivity index is 1.68. The summed E-state index contributed by atoms with van der Waals surface area (Å²) in [5.41, 5.74) is 0.591. The lowest BCUT2D eigenvalue weighted by Gasteiger charge is -2.51. The summed E-state index contributed by atoms with van der Waals surface area (Å²) < 4.78 is 9.95. The van der Waals surface area contributed by atoms with Gasteiger partial charge in [0.15, 0.2) is 5.70 Å². The highest BCUT2D eigenvalue weighted by Crippen LogP contribution is 2.44. The predicted molar refractivity (Wildman–Crippen MR) is 89.9 cm³/mol. The molecule has 8 nitrogen and oxygen atoms in total. The van der Waals surface area contributed by atoms with Crippen LogP contribution in [0, 0.1) is 0 Å². The second-order valence-electron chi connectivity index (χ2n) is 5.85. The lowest BCUT2D eigenvalue weighted by Crippen LogP contribution is -2.71. The van der Waals surface area contributed by atoms with Gasteiger partial charge in [0.2, 0.25) is 0 Å². The molecule has 26 heavy (non-hydrogen) atoms. The third-order valence-electron chi connectivity index (χ3n) is 4.63. The molecule has 1 fully saturated rings. The van der Waals surface area contributed by atoms with Crippen LogP contribution in [0.4, 0.5) is 0 Å². The summed E-state index contributed by atoms with van der Waals surface area (Å²) in [5.74, 6) is -1.54. The molecule has 1 unspecified atom stereocenters. The van der Waals surface area contributed by atoms with E-state index in [9.17, 15) is 19.2 Å². The molecule has 1 aromatic rings. The van der Waals surface area contributed by atoms with Gasteiger partial charge in [0, 0.05) is 0 Å². The Bertz CT molecular complexity index is 860. The van der Waals surface area contributed by atoms with Gasteiger partial charge in [0.1, 0.15) is 17.2 Å². The van der Waals surface area contributed by atoms with Crippen LogP contribution in [-0.2, 0) is 19.1 Å². The molecule has 4 rings (SSSR count). The van der Waals surface area contributed by atoms with Crippen LogP contribution in [0.2, 0.25) is 0 Å². The molecule has 0 aromatic heterocycles. The minimum absolute atomic E-state index is 0.0246. The maximum absolute atomic E-state index is 12.8. The SMILES string of the molecule is COC(=O)C1=C(OC)CS[C@H]2C(N3C(=O)c4ccccc4C3=O)C(=O)N12. The first-order valence-corrected chi connectivity index (χ1v) is 8.83. The van der Waals surface area contributed by atoms with E-state index in [1.807, 2.05) is 0 Å². The molecule has 0 spiro atoms. The zero-order chi connectivity index (χ0) is 18.6. The third-order valence-corrected chi connectivity index (χ3v) is 5.87. The largest absolute Gasteiger partial charge is 0.498 e. The lowest BCUT2D eigenvalue weighted by molar-refractivity contribution is -0.153. The second-order valence-corrected chi connectivity index (χ2v) is 6.95. The number of esters is 1. The first kappa shape index (κ1) is 16.6. The number of hydrogen-bond acceptors (Lipinski definition) is 7. The smallest absolute Gasteiger partial charge is 0.358 e. The molecule has 3 aliphatic heterocycles. The van der Waals surface area contributed by atoms with Gasteiger partial charge in [-0.05, 0) is 12.1 Å². The molecule has 1 aromatic carbocycles. The normalized spacial score (nSPS) is 24.3. The van der Waals surface area contributed by atoms with Gasteiger partial charge in [-0.15, -0.1) is 11.8 Å². The molecule has 3 aliphatic rings. The Kier molecular flexibility index (Phi) is 3.76. The van der Waals surface area contributed by atoms with E-state index in [2.05, 4.69) is 0 Å². The topological polar surface area (TPSA) is 93.2 Å². The van der Waals surface area contributed by atoms with Gasteiger partial charge in [0.05, 0.1) is 31.1 Å². The highest BCUT2D eigenvalue weighted by Gasteiger charge is 2.60. The van der Waals surface area contributed by atoms with Gasteiger partial charge in [-0.2, -0.15) is 0 Å². The molecule has 0 saturated carbocycles. The maximum atomic E-state index is 12.8. The summed E-state index contributed by atoms with van der Waals surface area (Å²) >= 11 is 1.33. The zero-order valence-electron chi connectivity index (χ0n) is 13.9. The fourth-order valence-corrected chi connectivity index (χ4v) is 4.73. The van der Waals surface area contributed by atoms with Crippen molar-refractivity contribution in [3.63, 3.8) is 0 Å². The van der Waals surface area contributed by atoms with Gasteiger partial charge in [-0.3, -0.25) is 24.2 Å². The standard InChI is InChI=1S/C17H14N2O6S/c1-24-10-7-26-16-12(15(22)19(16)11(10)17(23)25-2)18-13(20)8-5-3-4-6-9(8)14(18)21/h3-6,12,16H,7H2,1-2H3/t12?,16-/m0/s1. The molecule has 0 N–H and O–H groups in total. The molecule has 3 amide bonds. The van der Waals surface area contributed by atoms with Crippen LogP contribution in [0.5, 0.6) is 0 Å². The van der Waals surface area contributed by atoms with E-state index < -0.39 is 35.1 Å². The van der Waals surface area contributed by atoms with Gasteiger partial charge >= 0.3 is 5.97 Å². The number of rotatable bonds is 3. The number of carbonyl (C=O) groups is 4. The van der Waals surface area contributed by atoms with Crippen LogP contribution < -0.4 is 0 Å². The fraction of sp³-hybridized carbons (Fsp3) is 0.294. The molecule has 134 valence electrons. The van der Waals surface area contributed by atoms with Crippen molar-refractivity contribution in [1.29, 1.82) is 0 Å². The summed E-state index contributed by atoms with van der Waals surface area (Å²) in [6, 6.07) is 5.51. The molecule has 2 atom stereocenters. The first-order chi connectivity index (χ1) is 12.5. The van der Waals surface area contributed by atoms with Crippen LogP contribution in [-0.4, -0.2) is 64.9 Å². The third kappa shape index (κ3) is 2.03. The molecule has 9 heteroatoms. The zero-order valence-corrected chi connectivity index (χ0v) is 14.7. The summed E-state index contributed by atoms with van der Waals surface area (Å²) in [6.07, 6.45) is 0. The number of hydrogen-bond donors (Lipinski definition) is 0. The molecule has 0 bridgehead atoms. The van der Waals surface area contributed by atoms with Gasteiger partial charge in [-0.1, -0.05) is 12.1 Å². The summed E-state index contributed by atoms with van der Waals surface area (Å²) in [4.78, 5) is 52.4. The van der Waals surface area contributed by atoms with E-state index in [-0.39, 0.29) is 16.8 Å². The number of nitrogens with zero attached hydrogens (tertiary/aromatic N) is 2. The molecule has 0 aliphatic carbocycles. The number of carbonyl (C=O) groups excluding carboxylic acids is 4. The van der Waals surface area contributed by atoms with Crippen LogP contribution in [0.25, 0.3) is 0 Å². The number of benzene rings is 1. The van der Waals surface area contributed by atoms with E-state index in [0.717, 1.165) is 4.90 Å². The maximum Gasteiger partial charge on any atom is 0.358 e. The Labute approximate surface area is 152 Å². The predicted octanol–water partition coefficient (Wildman–Crippen LogP) is 0.597. The minimum atomic E-state index is -0.953. The Morgan fingerprint density at radius 3 is 2.23 bits per heavy atom. The average Bonchev–Trinajstić information content (AvgIpc) is 2.91. The lowest BCUT2D eigenvalue weighted by atomic mass is 10.0. The fourth-order valence-electron chi connectivity index (χ4n) is 3.38. The van der Waals surface area contributed by atoms with Gasteiger partial charge < -0.3 is 9.47 Å². The van der Waals surface area contributed by atoms with Crippen LogP contribution in [0.15, 0.2) is 35.7 Å². The van der Waals surface area contributed by atoms with Crippen molar-refractivity contribution >= 4 is 35.5 Å². The number of fused-ring (bicyclic) bond motifs is 2. The van der Waals surface area contributed by atoms with Crippen LogP contribution in [0.3, 0.4) is 0 Å². The number of methoxy groups -OCH3 is 2. The number of thioether (sulfide) groups is 1. The van der Waals surface area contributed by atoms with Crippen molar-refractivity contribution in [2.24, 2.45) is 0 Å². The number of imide groups is 1. The molecular weight excluding hydrogens is 360 g/mol. The van der Waals surface area contributed by atoms with Crippen LogP contribution >= 0.6 is 11.8 Å². The van der Waals surface area contributed by atoms with Crippen molar-refractivity contribution in [1.82, 2.24) is 9.80 Å². The minimum Gasteiger partial charge on any atom is -0.498 e. The van der Waals surface area contributed by atoms with E-state index in [1.165, 1.54) is 30.9 Å². The van der Waals surface area contributed by atoms with Gasteiger partial charge in [0.25, 0.3) is 17.7 Å². The number of β-lactam (4-membered cyclic amide) rings is 1. The monoisotopic (exact) mass is 374 g/mol. The molecule has 0 radical (unpaired) electrons. The first-order valence-electron chi connectivity index (χ1n) is 7.78. The Morgan fingerprint density at radius 1 is 1.08 bits per heavy atom.